The van der Waals surface area contributed by atoms with Crippen molar-refractivity contribution in [3.05, 3.63) is 33.8 Å². The van der Waals surface area contributed by atoms with Crippen molar-refractivity contribution in [3.63, 3.8) is 0 Å². The Balaban J connectivity index is 0.000000980. The SMILES string of the molecule is C.NCC1CCCc2cc(Br)ccc21. The minimum absolute atomic E-state index is 0. The maximum Gasteiger partial charge on any atom is 0.0178 e. The van der Waals surface area contributed by atoms with Crippen LogP contribution in [0.25, 0.3) is 0 Å². The lowest BCUT2D eigenvalue weighted by molar-refractivity contribution is 0.560. The molecule has 0 saturated carbocycles. The number of aryl methyl sites for hydroxylation is 1. The van der Waals surface area contributed by atoms with Crippen molar-refractivity contribution in [2.75, 3.05) is 6.54 Å². The first-order valence-electron chi connectivity index (χ1n) is 4.79. The van der Waals surface area contributed by atoms with Crippen LogP contribution in [0.2, 0.25) is 0 Å². The average molecular weight is 256 g/mol. The largest absolute Gasteiger partial charge is 0.330 e. The quantitative estimate of drug-likeness (QED) is 0.818. The maximum atomic E-state index is 5.74. The zero-order chi connectivity index (χ0) is 9.26. The highest BCUT2D eigenvalue weighted by atomic mass is 79.9. The van der Waals surface area contributed by atoms with Gasteiger partial charge in [-0.1, -0.05) is 29.4 Å². The molecule has 2 N–H and O–H groups in total. The van der Waals surface area contributed by atoms with Gasteiger partial charge in [-0.05, 0) is 55.0 Å². The molecule has 1 aromatic rings. The van der Waals surface area contributed by atoms with Gasteiger partial charge in [0.15, 0.2) is 0 Å². The number of halogens is 1. The van der Waals surface area contributed by atoms with Gasteiger partial charge in [-0.15, -0.1) is 0 Å². The van der Waals surface area contributed by atoms with Crippen LogP contribution in [0.5, 0.6) is 0 Å². The third kappa shape index (κ3) is 2.18. The van der Waals surface area contributed by atoms with Gasteiger partial charge in [-0.25, -0.2) is 0 Å². The van der Waals surface area contributed by atoms with Gasteiger partial charge in [0.1, 0.15) is 0 Å². The van der Waals surface area contributed by atoms with Crippen LogP contribution < -0.4 is 5.73 Å². The Labute approximate surface area is 94.8 Å². The number of hydrogen-bond donors (Lipinski definition) is 1. The van der Waals surface area contributed by atoms with Crippen LogP contribution >= 0.6 is 15.9 Å². The Morgan fingerprint density at radius 1 is 1.43 bits per heavy atom. The molecule has 78 valence electrons. The molecule has 1 atom stereocenters. The molecule has 1 unspecified atom stereocenters. The molecular weight excluding hydrogens is 238 g/mol. The minimum atomic E-state index is 0. The van der Waals surface area contributed by atoms with Gasteiger partial charge < -0.3 is 5.73 Å². The molecule has 0 heterocycles. The van der Waals surface area contributed by atoms with Crippen molar-refractivity contribution in [1.29, 1.82) is 0 Å². The minimum Gasteiger partial charge on any atom is -0.330 e. The number of nitrogens with two attached hydrogens (primary N) is 1. The van der Waals surface area contributed by atoms with Crippen LogP contribution in [0, 0.1) is 0 Å². The second kappa shape index (κ2) is 4.94. The Bertz CT molecular complexity index is 309. The summed E-state index contributed by atoms with van der Waals surface area (Å²) in [6, 6.07) is 6.57. The number of benzene rings is 1. The van der Waals surface area contributed by atoms with E-state index < -0.39 is 0 Å². The molecule has 0 fully saturated rings. The van der Waals surface area contributed by atoms with Crippen LogP contribution in [0.4, 0.5) is 0 Å². The van der Waals surface area contributed by atoms with Gasteiger partial charge in [0.05, 0.1) is 0 Å². The predicted molar refractivity (Wildman–Crippen MR) is 65.6 cm³/mol. The third-order valence-corrected chi connectivity index (χ3v) is 3.32. The van der Waals surface area contributed by atoms with Crippen molar-refractivity contribution in [2.24, 2.45) is 5.73 Å². The van der Waals surface area contributed by atoms with E-state index in [2.05, 4.69) is 34.1 Å². The Hall–Kier alpha value is -0.340. The fourth-order valence-corrected chi connectivity index (χ4v) is 2.54. The third-order valence-electron chi connectivity index (χ3n) is 2.83. The molecule has 0 aromatic heterocycles. The monoisotopic (exact) mass is 255 g/mol. The summed E-state index contributed by atoms with van der Waals surface area (Å²) in [5, 5.41) is 0. The first-order chi connectivity index (χ1) is 6.31. The summed E-state index contributed by atoms with van der Waals surface area (Å²) < 4.78 is 1.18. The zero-order valence-corrected chi connectivity index (χ0v) is 9.18. The molecule has 0 spiro atoms. The number of rotatable bonds is 1. The fourth-order valence-electron chi connectivity index (χ4n) is 2.13. The van der Waals surface area contributed by atoms with Crippen molar-refractivity contribution in [2.45, 2.75) is 32.6 Å². The van der Waals surface area contributed by atoms with Crippen LogP contribution in [0.1, 0.15) is 37.3 Å². The highest BCUT2D eigenvalue weighted by Gasteiger charge is 2.18. The van der Waals surface area contributed by atoms with E-state index in [0.717, 1.165) is 6.54 Å². The van der Waals surface area contributed by atoms with Crippen LogP contribution in [-0.2, 0) is 6.42 Å². The van der Waals surface area contributed by atoms with Gasteiger partial charge >= 0.3 is 0 Å². The van der Waals surface area contributed by atoms with E-state index in [4.69, 9.17) is 5.73 Å². The molecule has 1 aromatic carbocycles. The lowest BCUT2D eigenvalue weighted by atomic mass is 9.83. The summed E-state index contributed by atoms with van der Waals surface area (Å²) in [6.45, 7) is 0.786. The van der Waals surface area contributed by atoms with E-state index >= 15 is 0 Å². The van der Waals surface area contributed by atoms with E-state index in [9.17, 15) is 0 Å². The summed E-state index contributed by atoms with van der Waals surface area (Å²) in [6.07, 6.45) is 3.75. The first kappa shape index (κ1) is 11.7. The predicted octanol–water partition coefficient (Wildman–Crippen LogP) is 3.46. The normalized spacial score (nSPS) is 19.7. The molecule has 1 aliphatic carbocycles. The Kier molecular flexibility index (Phi) is 4.14. The Morgan fingerprint density at radius 3 is 2.93 bits per heavy atom. The molecule has 0 aliphatic heterocycles. The van der Waals surface area contributed by atoms with Crippen LogP contribution in [0.15, 0.2) is 22.7 Å². The number of hydrogen-bond acceptors (Lipinski definition) is 1. The smallest absolute Gasteiger partial charge is 0.0178 e. The molecule has 0 radical (unpaired) electrons. The second-order valence-corrected chi connectivity index (χ2v) is 4.58. The fraction of sp³-hybridized carbons (Fsp3) is 0.500. The summed E-state index contributed by atoms with van der Waals surface area (Å²) in [7, 11) is 0. The highest BCUT2D eigenvalue weighted by Crippen LogP contribution is 2.32. The van der Waals surface area contributed by atoms with E-state index in [-0.39, 0.29) is 7.43 Å². The Morgan fingerprint density at radius 2 is 2.21 bits per heavy atom. The summed E-state index contributed by atoms with van der Waals surface area (Å²) in [5.41, 5.74) is 8.70. The van der Waals surface area contributed by atoms with Gasteiger partial charge in [-0.2, -0.15) is 0 Å². The topological polar surface area (TPSA) is 26.0 Å². The molecule has 2 rings (SSSR count). The van der Waals surface area contributed by atoms with Crippen molar-refractivity contribution < 1.29 is 0 Å². The lowest BCUT2D eigenvalue weighted by Crippen LogP contribution is -2.18. The number of fused-ring (bicyclic) bond motifs is 1. The van der Waals surface area contributed by atoms with Crippen molar-refractivity contribution in [3.8, 4) is 0 Å². The molecule has 1 aliphatic rings. The molecule has 1 nitrogen and oxygen atoms in total. The van der Waals surface area contributed by atoms with Crippen molar-refractivity contribution in [1.82, 2.24) is 0 Å². The standard InChI is InChI=1S/C11H14BrN.CH4/c12-10-4-5-11-8(6-10)2-1-3-9(11)7-13;/h4-6,9H,1-3,7,13H2;1H4. The molecule has 0 amide bonds. The van der Waals surface area contributed by atoms with E-state index in [1.807, 2.05) is 0 Å². The van der Waals surface area contributed by atoms with E-state index in [1.54, 1.807) is 0 Å². The van der Waals surface area contributed by atoms with Gasteiger partial charge in [0.25, 0.3) is 0 Å². The molecular formula is C12H18BrN. The summed E-state index contributed by atoms with van der Waals surface area (Å²) in [5.74, 6) is 0.594. The summed E-state index contributed by atoms with van der Waals surface area (Å²) in [4.78, 5) is 0. The molecule has 0 saturated heterocycles. The molecule has 0 bridgehead atoms. The van der Waals surface area contributed by atoms with Gasteiger partial charge in [0.2, 0.25) is 0 Å². The molecule has 2 heteroatoms. The average Bonchev–Trinajstić information content (AvgIpc) is 2.16. The van der Waals surface area contributed by atoms with Crippen LogP contribution in [-0.4, -0.2) is 6.54 Å². The lowest BCUT2D eigenvalue weighted by Gasteiger charge is -2.24. The zero-order valence-electron chi connectivity index (χ0n) is 7.59. The highest BCUT2D eigenvalue weighted by molar-refractivity contribution is 9.10. The summed E-state index contributed by atoms with van der Waals surface area (Å²) >= 11 is 3.50. The maximum absolute atomic E-state index is 5.74. The first-order valence-corrected chi connectivity index (χ1v) is 5.59. The second-order valence-electron chi connectivity index (χ2n) is 3.67. The van der Waals surface area contributed by atoms with Gasteiger partial charge in [0, 0.05) is 4.47 Å². The van der Waals surface area contributed by atoms with Crippen molar-refractivity contribution >= 4 is 15.9 Å². The van der Waals surface area contributed by atoms with E-state index in [0.29, 0.717) is 5.92 Å². The van der Waals surface area contributed by atoms with Gasteiger partial charge in [-0.3, -0.25) is 0 Å². The van der Waals surface area contributed by atoms with Crippen LogP contribution in [0.3, 0.4) is 0 Å². The van der Waals surface area contributed by atoms with E-state index in [1.165, 1.54) is 34.9 Å². The molecule has 14 heavy (non-hydrogen) atoms.